The Labute approximate surface area is 117 Å². The lowest BCUT2D eigenvalue weighted by Gasteiger charge is -2.07. The molecule has 0 heterocycles. The fourth-order valence-electron chi connectivity index (χ4n) is 2.20. The summed E-state index contributed by atoms with van der Waals surface area (Å²) in [6, 6.07) is 3.31. The molecule has 0 bridgehead atoms. The fraction of sp³-hybridized carbons (Fsp3) is 0.167. The van der Waals surface area contributed by atoms with E-state index in [2.05, 4.69) is 0 Å². The molecule has 2 aromatic carbocycles. The number of rotatable bonds is 3. The number of hydrogen-bond acceptors (Lipinski definition) is 6. The van der Waals surface area contributed by atoms with Crippen molar-refractivity contribution in [2.45, 2.75) is 13.8 Å². The third-order valence-electron chi connectivity index (χ3n) is 3.28. The molecule has 0 unspecified atom stereocenters. The SMILES string of the molecule is Cc1cc2cc([N+](=O)[O-])cc([N+](=O)[O-])c2c([N+](=O)[O-])c1C. The second kappa shape index (κ2) is 4.78. The van der Waals surface area contributed by atoms with E-state index in [9.17, 15) is 30.3 Å². The lowest BCUT2D eigenvalue weighted by Crippen LogP contribution is -2.00. The minimum absolute atomic E-state index is 0.103. The zero-order chi connectivity index (χ0) is 15.9. The first kappa shape index (κ1) is 14.3. The molecule has 0 aromatic heterocycles. The van der Waals surface area contributed by atoms with E-state index in [4.69, 9.17) is 0 Å². The maximum absolute atomic E-state index is 11.2. The highest BCUT2D eigenvalue weighted by atomic mass is 16.6. The smallest absolute Gasteiger partial charge is 0.258 e. The zero-order valence-electron chi connectivity index (χ0n) is 11.0. The van der Waals surface area contributed by atoms with Gasteiger partial charge in [0.25, 0.3) is 17.1 Å². The number of benzene rings is 2. The van der Waals surface area contributed by atoms with Gasteiger partial charge in [-0.25, -0.2) is 0 Å². The van der Waals surface area contributed by atoms with Gasteiger partial charge in [-0.05, 0) is 19.4 Å². The molecule has 0 fully saturated rings. The summed E-state index contributed by atoms with van der Waals surface area (Å²) in [5.41, 5.74) is -0.694. The second-order valence-electron chi connectivity index (χ2n) is 4.50. The van der Waals surface area contributed by atoms with Crippen LogP contribution in [0.25, 0.3) is 10.8 Å². The Morgan fingerprint density at radius 1 is 0.857 bits per heavy atom. The fourth-order valence-corrected chi connectivity index (χ4v) is 2.20. The summed E-state index contributed by atoms with van der Waals surface area (Å²) in [4.78, 5) is 30.9. The van der Waals surface area contributed by atoms with Crippen LogP contribution in [0.1, 0.15) is 11.1 Å². The van der Waals surface area contributed by atoms with E-state index in [0.29, 0.717) is 11.1 Å². The van der Waals surface area contributed by atoms with Crippen molar-refractivity contribution in [2.75, 3.05) is 0 Å². The van der Waals surface area contributed by atoms with Crippen LogP contribution in [0.3, 0.4) is 0 Å². The van der Waals surface area contributed by atoms with Crippen molar-refractivity contribution in [3.05, 3.63) is 59.7 Å². The summed E-state index contributed by atoms with van der Waals surface area (Å²) in [5, 5.41) is 33.1. The molecule has 0 saturated carbocycles. The minimum atomic E-state index is -0.850. The van der Waals surface area contributed by atoms with Crippen molar-refractivity contribution in [3.8, 4) is 0 Å². The summed E-state index contributed by atoms with van der Waals surface area (Å²) < 4.78 is 0. The molecule has 0 aliphatic rings. The van der Waals surface area contributed by atoms with Crippen molar-refractivity contribution in [1.29, 1.82) is 0 Å². The molecule has 21 heavy (non-hydrogen) atoms. The molecule has 2 rings (SSSR count). The number of aryl methyl sites for hydroxylation is 1. The van der Waals surface area contributed by atoms with E-state index in [1.165, 1.54) is 13.0 Å². The Morgan fingerprint density at radius 2 is 1.48 bits per heavy atom. The normalized spacial score (nSPS) is 10.6. The molecule has 9 nitrogen and oxygen atoms in total. The van der Waals surface area contributed by atoms with Crippen LogP contribution in [-0.4, -0.2) is 14.8 Å². The van der Waals surface area contributed by atoms with Gasteiger partial charge in [-0.3, -0.25) is 30.3 Å². The second-order valence-corrected chi connectivity index (χ2v) is 4.50. The van der Waals surface area contributed by atoms with E-state index in [1.54, 1.807) is 6.92 Å². The van der Waals surface area contributed by atoms with Gasteiger partial charge in [0.05, 0.1) is 20.8 Å². The maximum Gasteiger partial charge on any atom is 0.291 e. The predicted octanol–water partition coefficient (Wildman–Crippen LogP) is 3.18. The van der Waals surface area contributed by atoms with Crippen LogP contribution >= 0.6 is 0 Å². The number of nitro benzene ring substituents is 3. The monoisotopic (exact) mass is 291 g/mol. The highest BCUT2D eigenvalue weighted by Gasteiger charge is 2.28. The molecular formula is C12H9N3O6. The van der Waals surface area contributed by atoms with E-state index >= 15 is 0 Å². The lowest BCUT2D eigenvalue weighted by molar-refractivity contribution is -0.395. The Kier molecular flexibility index (Phi) is 3.26. The minimum Gasteiger partial charge on any atom is -0.258 e. The summed E-state index contributed by atoms with van der Waals surface area (Å²) in [6.07, 6.45) is 0. The number of fused-ring (bicyclic) bond motifs is 1. The van der Waals surface area contributed by atoms with Gasteiger partial charge in [0, 0.05) is 17.0 Å². The third kappa shape index (κ3) is 2.24. The topological polar surface area (TPSA) is 129 Å². The summed E-state index contributed by atoms with van der Waals surface area (Å²) in [6.45, 7) is 3.09. The third-order valence-corrected chi connectivity index (χ3v) is 3.28. The molecule has 0 aliphatic carbocycles. The molecule has 2 aromatic rings. The van der Waals surface area contributed by atoms with Gasteiger partial charge in [0.15, 0.2) is 0 Å². The van der Waals surface area contributed by atoms with E-state index < -0.39 is 31.8 Å². The summed E-state index contributed by atoms with van der Waals surface area (Å²) in [5.74, 6) is 0. The van der Waals surface area contributed by atoms with Crippen molar-refractivity contribution >= 4 is 27.8 Å². The molecule has 0 saturated heterocycles. The Morgan fingerprint density at radius 3 is 1.95 bits per heavy atom. The first-order valence-corrected chi connectivity index (χ1v) is 5.75. The van der Waals surface area contributed by atoms with Crippen LogP contribution in [0.4, 0.5) is 17.1 Å². The summed E-state index contributed by atoms with van der Waals surface area (Å²) >= 11 is 0. The van der Waals surface area contributed by atoms with Crippen molar-refractivity contribution < 1.29 is 14.8 Å². The van der Waals surface area contributed by atoms with Gasteiger partial charge in [0.1, 0.15) is 5.39 Å². The van der Waals surface area contributed by atoms with Gasteiger partial charge in [-0.2, -0.15) is 0 Å². The number of nitrogens with zero attached hydrogens (tertiary/aromatic N) is 3. The molecule has 0 atom stereocenters. The molecule has 0 amide bonds. The first-order valence-electron chi connectivity index (χ1n) is 5.75. The molecule has 0 aliphatic heterocycles. The van der Waals surface area contributed by atoms with Gasteiger partial charge in [-0.1, -0.05) is 6.07 Å². The highest BCUT2D eigenvalue weighted by Crippen LogP contribution is 2.40. The standard InChI is InChI=1S/C12H9N3O6/c1-6-3-8-4-9(13(16)17)5-10(14(18)19)11(8)12(7(6)2)15(20)21/h3-5H,1-2H3. The van der Waals surface area contributed by atoms with Crippen LogP contribution in [-0.2, 0) is 0 Å². The largest absolute Gasteiger partial charge is 0.291 e. The molecule has 0 radical (unpaired) electrons. The number of hydrogen-bond donors (Lipinski definition) is 0. The average Bonchev–Trinajstić information content (AvgIpc) is 2.38. The van der Waals surface area contributed by atoms with Crippen LogP contribution in [0.2, 0.25) is 0 Å². The predicted molar refractivity (Wildman–Crippen MR) is 73.4 cm³/mol. The number of nitro groups is 3. The van der Waals surface area contributed by atoms with Gasteiger partial charge < -0.3 is 0 Å². The molecule has 108 valence electrons. The van der Waals surface area contributed by atoms with Crippen LogP contribution in [0, 0.1) is 44.2 Å². The number of non-ortho nitro benzene ring substituents is 2. The van der Waals surface area contributed by atoms with Crippen molar-refractivity contribution in [1.82, 2.24) is 0 Å². The van der Waals surface area contributed by atoms with Crippen LogP contribution < -0.4 is 0 Å². The van der Waals surface area contributed by atoms with Crippen LogP contribution in [0.15, 0.2) is 18.2 Å². The molecule has 9 heteroatoms. The van der Waals surface area contributed by atoms with Gasteiger partial charge >= 0.3 is 0 Å². The van der Waals surface area contributed by atoms with E-state index in [-0.39, 0.29) is 10.8 Å². The molecule has 0 spiro atoms. The van der Waals surface area contributed by atoms with Gasteiger partial charge in [-0.15, -0.1) is 0 Å². The van der Waals surface area contributed by atoms with Crippen molar-refractivity contribution in [2.24, 2.45) is 0 Å². The molecular weight excluding hydrogens is 282 g/mol. The molecule has 0 N–H and O–H groups in total. The van der Waals surface area contributed by atoms with Crippen LogP contribution in [0.5, 0.6) is 0 Å². The quantitative estimate of drug-likeness (QED) is 0.630. The van der Waals surface area contributed by atoms with E-state index in [1.807, 2.05) is 0 Å². The maximum atomic E-state index is 11.2. The zero-order valence-corrected chi connectivity index (χ0v) is 11.0. The Hall–Kier alpha value is -3.10. The summed E-state index contributed by atoms with van der Waals surface area (Å²) in [7, 11) is 0. The Balaban J connectivity index is 3.08. The van der Waals surface area contributed by atoms with E-state index in [0.717, 1.165) is 12.1 Å². The lowest BCUT2D eigenvalue weighted by atomic mass is 9.98. The van der Waals surface area contributed by atoms with Crippen molar-refractivity contribution in [3.63, 3.8) is 0 Å². The first-order chi connectivity index (χ1) is 9.73. The Bertz CT molecular complexity index is 814. The van der Waals surface area contributed by atoms with Gasteiger partial charge in [0.2, 0.25) is 0 Å². The average molecular weight is 291 g/mol. The highest BCUT2D eigenvalue weighted by molar-refractivity contribution is 6.01.